The minimum atomic E-state index is -2.34. The van der Waals surface area contributed by atoms with Crippen LogP contribution < -0.4 is 4.74 Å². The zero-order valence-electron chi connectivity index (χ0n) is 29.2. The molecule has 2 unspecified atom stereocenters. The molecule has 0 amide bonds. The van der Waals surface area contributed by atoms with E-state index in [1.165, 1.54) is 19.2 Å². The monoisotopic (exact) mass is 780 g/mol. The van der Waals surface area contributed by atoms with E-state index in [-0.39, 0.29) is 29.2 Å². The number of imidazole rings is 1. The van der Waals surface area contributed by atoms with Gasteiger partial charge < -0.3 is 19.8 Å². The Balaban J connectivity index is 1.68. The highest BCUT2D eigenvalue weighted by Crippen LogP contribution is 2.39. The lowest BCUT2D eigenvalue weighted by molar-refractivity contribution is -0.142. The molecule has 280 valence electrons. The first-order valence-corrected chi connectivity index (χ1v) is 18.6. The van der Waals surface area contributed by atoms with Gasteiger partial charge in [-0.3, -0.25) is 14.2 Å². The third kappa shape index (κ3) is 9.75. The van der Waals surface area contributed by atoms with Crippen LogP contribution in [0.1, 0.15) is 49.9 Å². The summed E-state index contributed by atoms with van der Waals surface area (Å²) in [6.45, 7) is 4.38. The molecule has 1 aromatic heterocycles. The molecule has 0 bridgehead atoms. The number of nitrogens with zero attached hydrogens (tertiary/aromatic N) is 4. The van der Waals surface area contributed by atoms with Gasteiger partial charge in [0.2, 0.25) is 0 Å². The summed E-state index contributed by atoms with van der Waals surface area (Å²) in [5.41, 5.74) is 1.03. The van der Waals surface area contributed by atoms with E-state index in [4.69, 9.17) is 21.4 Å². The fourth-order valence-electron chi connectivity index (χ4n) is 5.55. The summed E-state index contributed by atoms with van der Waals surface area (Å²) in [7, 11) is 2.77. The molecule has 16 heteroatoms. The number of hydrogen-bond acceptors (Lipinski definition) is 7. The minimum absolute atomic E-state index is 0.0320. The van der Waals surface area contributed by atoms with Crippen LogP contribution in [-0.4, -0.2) is 85.5 Å². The Morgan fingerprint density at radius 3 is 2.27 bits per heavy atom. The van der Waals surface area contributed by atoms with E-state index in [9.17, 15) is 23.3 Å². The van der Waals surface area contributed by atoms with E-state index >= 15 is 8.78 Å². The lowest BCUT2D eigenvalue weighted by Gasteiger charge is -2.28. The van der Waals surface area contributed by atoms with Crippen molar-refractivity contribution in [2.24, 2.45) is 0 Å². The van der Waals surface area contributed by atoms with Crippen molar-refractivity contribution in [3.63, 3.8) is 0 Å². The summed E-state index contributed by atoms with van der Waals surface area (Å²) >= 11 is 7.31. The van der Waals surface area contributed by atoms with Crippen molar-refractivity contribution in [1.29, 1.82) is 0 Å². The second-order valence-corrected chi connectivity index (χ2v) is 15.5. The van der Waals surface area contributed by atoms with Gasteiger partial charge in [0.25, 0.3) is 0 Å². The molecule has 0 fully saturated rings. The van der Waals surface area contributed by atoms with Gasteiger partial charge in [0, 0.05) is 35.4 Å². The topological polar surface area (TPSA) is 125 Å². The fraction of sp³-hybridized carbons (Fsp3) is 0.361. The molecule has 3 aromatic carbocycles. The summed E-state index contributed by atoms with van der Waals surface area (Å²) in [5, 5.41) is 19.8. The Hall–Kier alpha value is -3.89. The maximum atomic E-state index is 15.7. The van der Waals surface area contributed by atoms with Crippen molar-refractivity contribution in [3.8, 4) is 11.4 Å². The lowest BCUT2D eigenvalue weighted by atomic mass is 9.81. The molecular weight excluding hydrogens is 741 g/mol. The summed E-state index contributed by atoms with van der Waals surface area (Å²) < 4.78 is 67.4. The Kier molecular flexibility index (Phi) is 14.0. The Labute approximate surface area is 312 Å². The molecule has 0 saturated heterocycles. The molecule has 52 heavy (non-hydrogen) atoms. The van der Waals surface area contributed by atoms with E-state index < -0.39 is 58.3 Å². The standard InChI is InChI=1S/C36H40ClF3N4O6S2/c1-36(2,22-7-12-27(37)31(17-22)50-5)32-20-41-35(44(32)24-10-8-23(38)9-11-24)51-21-26-28(39)18-25(19-29(26)40)52(49)43(16-6-15-42(3)4)30(34(47)48)13-14-33(45)46/h7-12,17-20,30H,6,13-16,21H2,1-5H3,(H,45,46)(H,47,48). The van der Waals surface area contributed by atoms with Gasteiger partial charge in [-0.25, -0.2) is 26.7 Å². The number of aromatic nitrogens is 2. The fourth-order valence-corrected chi connectivity index (χ4v) is 8.16. The van der Waals surface area contributed by atoms with Crippen LogP contribution >= 0.6 is 23.4 Å². The number of methoxy groups -OCH3 is 1. The number of ether oxygens (including phenoxy) is 1. The molecule has 4 aromatic rings. The number of hydrogen-bond donors (Lipinski definition) is 2. The Morgan fingerprint density at radius 1 is 1.04 bits per heavy atom. The number of carboxylic acid groups (broad SMARTS) is 2. The number of carboxylic acids is 2. The largest absolute Gasteiger partial charge is 0.495 e. The molecule has 10 nitrogen and oxygen atoms in total. The third-order valence-electron chi connectivity index (χ3n) is 8.45. The molecule has 4 rings (SSSR count). The number of aliphatic carboxylic acids is 2. The highest BCUT2D eigenvalue weighted by molar-refractivity contribution is 7.98. The molecule has 1 heterocycles. The second-order valence-electron chi connectivity index (χ2n) is 12.7. The number of benzene rings is 3. The normalized spacial score (nSPS) is 13.1. The number of halogens is 4. The highest BCUT2D eigenvalue weighted by atomic mass is 35.5. The first-order chi connectivity index (χ1) is 24.5. The van der Waals surface area contributed by atoms with Gasteiger partial charge >= 0.3 is 11.9 Å². The van der Waals surface area contributed by atoms with E-state index in [0.717, 1.165) is 33.8 Å². The van der Waals surface area contributed by atoms with E-state index in [2.05, 4.69) is 4.98 Å². The number of thioether (sulfide) groups is 1. The molecular formula is C36H40ClF3N4O6S2. The lowest BCUT2D eigenvalue weighted by Crippen LogP contribution is -2.43. The van der Waals surface area contributed by atoms with Crippen molar-refractivity contribution in [1.82, 2.24) is 18.8 Å². The molecule has 0 radical (unpaired) electrons. The number of carbonyl (C=O) groups is 2. The van der Waals surface area contributed by atoms with Gasteiger partial charge in [0.05, 0.1) is 28.9 Å². The van der Waals surface area contributed by atoms with Crippen LogP contribution in [0.2, 0.25) is 5.02 Å². The maximum Gasteiger partial charge on any atom is 0.321 e. The van der Waals surface area contributed by atoms with Gasteiger partial charge in [0.15, 0.2) is 5.16 Å². The Bertz CT molecular complexity index is 1900. The molecule has 0 aliphatic carbocycles. The molecule has 0 saturated carbocycles. The van der Waals surface area contributed by atoms with Crippen LogP contribution in [0.4, 0.5) is 13.2 Å². The van der Waals surface area contributed by atoms with Crippen LogP contribution in [0.5, 0.6) is 5.75 Å². The van der Waals surface area contributed by atoms with Crippen LogP contribution in [0, 0.1) is 17.5 Å². The summed E-state index contributed by atoms with van der Waals surface area (Å²) in [4.78, 5) is 29.5. The molecule has 0 spiro atoms. The SMILES string of the molecule is COc1cc(C(C)(C)c2cnc(SCc3c(F)cc(S(=O)N(CCCN(C)C)C(CCC(=O)O)C(=O)O)cc3F)n2-c2ccc(F)cc2)ccc1Cl. The van der Waals surface area contributed by atoms with Crippen LogP contribution in [0.25, 0.3) is 5.69 Å². The predicted molar refractivity (Wildman–Crippen MR) is 194 cm³/mol. The zero-order valence-corrected chi connectivity index (χ0v) is 31.6. The van der Waals surface area contributed by atoms with Crippen molar-refractivity contribution in [2.75, 3.05) is 34.3 Å². The van der Waals surface area contributed by atoms with Crippen molar-refractivity contribution >= 4 is 46.3 Å². The quantitative estimate of drug-likeness (QED) is 0.101. The second kappa shape index (κ2) is 17.8. The smallest absolute Gasteiger partial charge is 0.321 e. The van der Waals surface area contributed by atoms with E-state index in [0.29, 0.717) is 40.3 Å². The van der Waals surface area contributed by atoms with E-state index in [1.807, 2.05) is 30.9 Å². The summed E-state index contributed by atoms with van der Waals surface area (Å²) in [6, 6.07) is 11.4. The molecule has 2 N–H and O–H groups in total. The minimum Gasteiger partial charge on any atom is -0.495 e. The van der Waals surface area contributed by atoms with Crippen LogP contribution in [-0.2, 0) is 31.7 Å². The van der Waals surface area contributed by atoms with Crippen molar-refractivity contribution in [3.05, 3.63) is 100 Å². The first-order valence-electron chi connectivity index (χ1n) is 16.1. The number of rotatable bonds is 18. The first kappa shape index (κ1) is 40.9. The third-order valence-corrected chi connectivity index (χ3v) is 11.2. The van der Waals surface area contributed by atoms with Crippen molar-refractivity contribution < 1.29 is 41.9 Å². The zero-order chi connectivity index (χ0) is 38.3. The van der Waals surface area contributed by atoms with E-state index in [1.54, 1.807) is 43.1 Å². The predicted octanol–water partition coefficient (Wildman–Crippen LogP) is 7.16. The van der Waals surface area contributed by atoms with Gasteiger partial charge in [0.1, 0.15) is 40.2 Å². The average molecular weight is 781 g/mol. The van der Waals surface area contributed by atoms with Crippen molar-refractivity contribution in [2.45, 2.75) is 60.4 Å². The Morgan fingerprint density at radius 2 is 1.69 bits per heavy atom. The maximum absolute atomic E-state index is 15.7. The highest BCUT2D eigenvalue weighted by Gasteiger charge is 2.33. The van der Waals surface area contributed by atoms with Gasteiger partial charge in [-0.1, -0.05) is 43.3 Å². The summed E-state index contributed by atoms with van der Waals surface area (Å²) in [5.74, 6) is -4.85. The van der Waals surface area contributed by atoms with Crippen LogP contribution in [0.15, 0.2) is 70.8 Å². The molecule has 2 atom stereocenters. The van der Waals surface area contributed by atoms with Gasteiger partial charge in [-0.05, 0) is 87.6 Å². The molecule has 0 aliphatic rings. The van der Waals surface area contributed by atoms with Gasteiger partial charge in [-0.15, -0.1) is 0 Å². The van der Waals surface area contributed by atoms with Crippen LogP contribution in [0.3, 0.4) is 0 Å². The van der Waals surface area contributed by atoms with Gasteiger partial charge in [-0.2, -0.15) is 0 Å². The summed E-state index contributed by atoms with van der Waals surface area (Å²) in [6.07, 6.45) is 1.14. The average Bonchev–Trinajstić information content (AvgIpc) is 3.51. The molecule has 0 aliphatic heterocycles.